The van der Waals surface area contributed by atoms with Gasteiger partial charge in [0.15, 0.2) is 34.5 Å². The number of aromatic hydroxyl groups is 3. The van der Waals surface area contributed by atoms with Crippen LogP contribution in [0.2, 0.25) is 0 Å². The summed E-state index contributed by atoms with van der Waals surface area (Å²) < 4.78 is 50.2. The number of benzene rings is 3. The number of carboxylic acids is 1. The predicted octanol–water partition coefficient (Wildman–Crippen LogP) is 5.85. The molecule has 0 atom stereocenters. The molecule has 3 aromatic heterocycles. The molecule has 6 aromatic rings. The van der Waals surface area contributed by atoms with Gasteiger partial charge in [-0.1, -0.05) is 6.07 Å². The molecule has 0 saturated carbocycles. The predicted molar refractivity (Wildman–Crippen MR) is 176 cm³/mol. The van der Waals surface area contributed by atoms with Gasteiger partial charge in [0.1, 0.15) is 5.52 Å². The number of alkyl halides is 3. The first-order valence-corrected chi connectivity index (χ1v) is 14.7. The molecule has 15 heteroatoms. The minimum atomic E-state index is -5.08. The Balaban J connectivity index is 0.000000606. The SMILES string of the molecule is COc1ccc(-c2c3c4cc(OCCCN(C)C)c(O)cc4[nH]c(=O)c3n3ccc4cc(O)c(OC)cc4c23)cc1O.O=C(O)C(F)(F)F. The highest BCUT2D eigenvalue weighted by molar-refractivity contribution is 6.22. The summed E-state index contributed by atoms with van der Waals surface area (Å²) in [6, 6.07) is 13.5. The first-order valence-electron chi connectivity index (χ1n) is 14.7. The number of pyridine rings is 2. The van der Waals surface area contributed by atoms with Gasteiger partial charge in [-0.2, -0.15) is 13.2 Å². The van der Waals surface area contributed by atoms with Crippen LogP contribution in [0.15, 0.2) is 59.5 Å². The largest absolute Gasteiger partial charge is 0.504 e. The summed E-state index contributed by atoms with van der Waals surface area (Å²) in [5, 5.41) is 41.9. The molecule has 0 fully saturated rings. The van der Waals surface area contributed by atoms with Gasteiger partial charge in [0.25, 0.3) is 5.56 Å². The molecule has 0 aliphatic rings. The van der Waals surface area contributed by atoms with Gasteiger partial charge in [-0.15, -0.1) is 0 Å². The quantitative estimate of drug-likeness (QED) is 0.123. The van der Waals surface area contributed by atoms with Crippen LogP contribution in [0, 0.1) is 0 Å². The molecule has 6 rings (SSSR count). The molecular formula is C34H32F3N3O9. The van der Waals surface area contributed by atoms with Gasteiger partial charge in [-0.25, -0.2) is 4.79 Å². The molecule has 5 N–H and O–H groups in total. The van der Waals surface area contributed by atoms with E-state index in [1.807, 2.05) is 26.2 Å². The standard InChI is InChI=1S/C32H31N3O7.C2HF3O2/c1-34(2)9-5-11-42-27-15-20-21(16-24(27)38)33-32(39)31-29(20)28(18-6-7-25(40-3)22(36)13-18)30-19-14-26(41-4)23(37)12-17(19)8-10-35(30)31;3-2(4,5)1(6)7/h6-8,10,12-16,36-38H,5,9,11H2,1-4H3,(H,33,39);(H,6,7). The number of ether oxygens (including phenoxy) is 3. The molecule has 0 aliphatic carbocycles. The number of nitrogens with one attached hydrogen (secondary N) is 1. The Morgan fingerprint density at radius 1 is 0.878 bits per heavy atom. The van der Waals surface area contributed by atoms with Crippen LogP contribution in [0.5, 0.6) is 34.5 Å². The number of carboxylic acid groups (broad SMARTS) is 1. The first kappa shape index (κ1) is 34.5. The van der Waals surface area contributed by atoms with E-state index in [4.69, 9.17) is 24.1 Å². The molecule has 0 radical (unpaired) electrons. The lowest BCUT2D eigenvalue weighted by molar-refractivity contribution is -0.192. The second-order valence-corrected chi connectivity index (χ2v) is 11.3. The zero-order valence-electron chi connectivity index (χ0n) is 26.7. The number of phenolic OH excluding ortho intramolecular Hbond substituents is 3. The minimum absolute atomic E-state index is 0.0102. The van der Waals surface area contributed by atoms with Crippen LogP contribution < -0.4 is 19.8 Å². The number of aromatic nitrogens is 2. The molecule has 49 heavy (non-hydrogen) atoms. The number of rotatable bonds is 8. The molecule has 0 aliphatic heterocycles. The van der Waals surface area contributed by atoms with Crippen molar-refractivity contribution < 1.29 is 52.6 Å². The molecule has 258 valence electrons. The Morgan fingerprint density at radius 2 is 1.51 bits per heavy atom. The van der Waals surface area contributed by atoms with Crippen molar-refractivity contribution in [2.75, 3.05) is 41.5 Å². The van der Waals surface area contributed by atoms with E-state index in [-0.39, 0.29) is 28.6 Å². The minimum Gasteiger partial charge on any atom is -0.504 e. The molecule has 3 heterocycles. The number of methoxy groups -OCH3 is 2. The monoisotopic (exact) mass is 683 g/mol. The lowest BCUT2D eigenvalue weighted by Crippen LogP contribution is -2.21. The fourth-order valence-electron chi connectivity index (χ4n) is 5.60. The molecule has 3 aromatic carbocycles. The summed E-state index contributed by atoms with van der Waals surface area (Å²) >= 11 is 0. The summed E-state index contributed by atoms with van der Waals surface area (Å²) in [5.41, 5.74) is 2.42. The normalized spacial score (nSPS) is 11.7. The molecule has 12 nitrogen and oxygen atoms in total. The molecule has 0 amide bonds. The summed E-state index contributed by atoms with van der Waals surface area (Å²) in [7, 11) is 6.92. The Kier molecular flexibility index (Phi) is 9.40. The highest BCUT2D eigenvalue weighted by Crippen LogP contribution is 2.45. The van der Waals surface area contributed by atoms with Crippen molar-refractivity contribution in [1.29, 1.82) is 0 Å². The molecule has 0 spiro atoms. The van der Waals surface area contributed by atoms with Gasteiger partial charge >= 0.3 is 12.1 Å². The van der Waals surface area contributed by atoms with Gasteiger partial charge in [-0.3, -0.25) is 4.79 Å². The number of nitrogens with zero attached hydrogens (tertiary/aromatic N) is 2. The van der Waals surface area contributed by atoms with Crippen LogP contribution in [-0.4, -0.2) is 88.3 Å². The zero-order valence-corrected chi connectivity index (χ0v) is 26.7. The number of halogens is 3. The van der Waals surface area contributed by atoms with Gasteiger partial charge in [0.05, 0.1) is 31.9 Å². The van der Waals surface area contributed by atoms with Gasteiger partial charge < -0.3 is 48.9 Å². The van der Waals surface area contributed by atoms with E-state index in [1.165, 1.54) is 20.3 Å². The second kappa shape index (κ2) is 13.4. The maximum Gasteiger partial charge on any atom is 0.490 e. The average Bonchev–Trinajstić information content (AvgIpc) is 3.39. The van der Waals surface area contributed by atoms with Crippen molar-refractivity contribution in [1.82, 2.24) is 14.3 Å². The fourth-order valence-corrected chi connectivity index (χ4v) is 5.60. The highest BCUT2D eigenvalue weighted by Gasteiger charge is 2.38. The van der Waals surface area contributed by atoms with Crippen molar-refractivity contribution in [2.45, 2.75) is 12.6 Å². The van der Waals surface area contributed by atoms with Crippen LogP contribution in [0.1, 0.15) is 6.42 Å². The molecule has 0 unspecified atom stereocenters. The number of phenols is 3. The van der Waals surface area contributed by atoms with E-state index in [0.29, 0.717) is 56.6 Å². The van der Waals surface area contributed by atoms with Crippen LogP contribution in [-0.2, 0) is 4.79 Å². The van der Waals surface area contributed by atoms with Gasteiger partial charge in [0.2, 0.25) is 0 Å². The highest BCUT2D eigenvalue weighted by atomic mass is 19.4. The number of carbonyl (C=O) groups is 1. The lowest BCUT2D eigenvalue weighted by Gasteiger charge is -2.13. The summed E-state index contributed by atoms with van der Waals surface area (Å²) in [6.45, 7) is 1.22. The van der Waals surface area contributed by atoms with E-state index in [2.05, 4.69) is 9.88 Å². The van der Waals surface area contributed by atoms with Crippen molar-refractivity contribution in [3.05, 3.63) is 65.1 Å². The number of hydrogen-bond donors (Lipinski definition) is 5. The van der Waals surface area contributed by atoms with E-state index < -0.39 is 12.1 Å². The Morgan fingerprint density at radius 3 is 2.12 bits per heavy atom. The Labute approximate surface area is 275 Å². The topological polar surface area (TPSA) is 166 Å². The van der Waals surface area contributed by atoms with Crippen LogP contribution in [0.25, 0.3) is 49.2 Å². The van der Waals surface area contributed by atoms with Crippen molar-refractivity contribution in [3.8, 4) is 45.6 Å². The average molecular weight is 684 g/mol. The maximum atomic E-state index is 13.7. The third kappa shape index (κ3) is 6.65. The summed E-state index contributed by atoms with van der Waals surface area (Å²) in [4.78, 5) is 27.5. The van der Waals surface area contributed by atoms with Crippen LogP contribution >= 0.6 is 0 Å². The number of aliphatic carboxylic acids is 1. The zero-order chi connectivity index (χ0) is 35.8. The number of aromatic amines is 1. The third-order valence-corrected chi connectivity index (χ3v) is 7.76. The number of fused-ring (bicyclic) bond motifs is 7. The fraction of sp³-hybridized carbons (Fsp3) is 0.235. The van der Waals surface area contributed by atoms with E-state index in [1.54, 1.807) is 40.9 Å². The maximum absolute atomic E-state index is 13.7. The Hall–Kier alpha value is -5.83. The van der Waals surface area contributed by atoms with Gasteiger partial charge in [0, 0.05) is 40.5 Å². The van der Waals surface area contributed by atoms with Crippen molar-refractivity contribution in [2.24, 2.45) is 0 Å². The van der Waals surface area contributed by atoms with Crippen LogP contribution in [0.4, 0.5) is 13.2 Å². The summed E-state index contributed by atoms with van der Waals surface area (Å²) in [6.07, 6.45) is -2.54. The van der Waals surface area contributed by atoms with Crippen LogP contribution in [0.3, 0.4) is 0 Å². The van der Waals surface area contributed by atoms with Gasteiger partial charge in [-0.05, 0) is 67.9 Å². The van der Waals surface area contributed by atoms with E-state index >= 15 is 0 Å². The van der Waals surface area contributed by atoms with E-state index in [9.17, 15) is 33.3 Å². The summed E-state index contributed by atoms with van der Waals surface area (Å²) in [5.74, 6) is -2.03. The van der Waals surface area contributed by atoms with Crippen molar-refractivity contribution >= 4 is 44.1 Å². The van der Waals surface area contributed by atoms with Crippen molar-refractivity contribution in [3.63, 3.8) is 0 Å². The van der Waals surface area contributed by atoms with E-state index in [0.717, 1.165) is 23.7 Å². The Bertz CT molecular complexity index is 2280. The third-order valence-electron chi connectivity index (χ3n) is 7.76. The molecule has 0 bridgehead atoms. The molecular weight excluding hydrogens is 651 g/mol. The second-order valence-electron chi connectivity index (χ2n) is 11.3. The number of H-pyrrole nitrogens is 1. The number of hydrogen-bond acceptors (Lipinski definition) is 9. The molecule has 0 saturated heterocycles. The first-order chi connectivity index (χ1) is 23.2. The smallest absolute Gasteiger partial charge is 0.490 e. The lowest BCUT2D eigenvalue weighted by atomic mass is 9.97.